The van der Waals surface area contributed by atoms with Crippen LogP contribution in [0.2, 0.25) is 0 Å². The first-order chi connectivity index (χ1) is 6.11. The molecule has 78 valence electrons. The van der Waals surface area contributed by atoms with Crippen molar-refractivity contribution in [3.8, 4) is 0 Å². The van der Waals surface area contributed by atoms with Crippen molar-refractivity contribution in [3.63, 3.8) is 0 Å². The SMILES string of the molecule is CCCOC(=O)[C@H](CC)CC(C)C. The van der Waals surface area contributed by atoms with Gasteiger partial charge in [-0.1, -0.05) is 27.7 Å². The highest BCUT2D eigenvalue weighted by atomic mass is 16.5. The molecule has 0 fully saturated rings. The lowest BCUT2D eigenvalue weighted by molar-refractivity contribution is -0.149. The molecule has 0 amide bonds. The van der Waals surface area contributed by atoms with Crippen molar-refractivity contribution in [2.24, 2.45) is 11.8 Å². The fraction of sp³-hybridized carbons (Fsp3) is 0.909. The standard InChI is InChI=1S/C11H22O2/c1-5-7-13-11(12)10(6-2)8-9(3)4/h9-10H,5-8H2,1-4H3/t10-/m1/s1. The summed E-state index contributed by atoms with van der Waals surface area (Å²) in [5, 5.41) is 0. The van der Waals surface area contributed by atoms with Crippen LogP contribution in [0.25, 0.3) is 0 Å². The molecule has 0 bridgehead atoms. The lowest BCUT2D eigenvalue weighted by Crippen LogP contribution is -2.19. The maximum absolute atomic E-state index is 11.4. The Morgan fingerprint density at radius 1 is 1.31 bits per heavy atom. The molecule has 0 aliphatic heterocycles. The molecule has 1 atom stereocenters. The maximum atomic E-state index is 11.4. The normalized spacial score (nSPS) is 13.0. The molecule has 0 N–H and O–H groups in total. The second-order valence-corrected chi connectivity index (χ2v) is 3.90. The number of esters is 1. The first-order valence-electron chi connectivity index (χ1n) is 5.28. The number of hydrogen-bond donors (Lipinski definition) is 0. The van der Waals surface area contributed by atoms with E-state index in [0.717, 1.165) is 19.3 Å². The van der Waals surface area contributed by atoms with E-state index in [0.29, 0.717) is 12.5 Å². The third-order valence-electron chi connectivity index (χ3n) is 2.03. The van der Waals surface area contributed by atoms with Crippen molar-refractivity contribution in [1.82, 2.24) is 0 Å². The quantitative estimate of drug-likeness (QED) is 0.596. The van der Waals surface area contributed by atoms with Gasteiger partial charge in [-0.25, -0.2) is 0 Å². The van der Waals surface area contributed by atoms with Crippen molar-refractivity contribution in [2.45, 2.75) is 47.0 Å². The van der Waals surface area contributed by atoms with E-state index in [1.807, 2.05) is 13.8 Å². The van der Waals surface area contributed by atoms with Crippen LogP contribution in [0.4, 0.5) is 0 Å². The highest BCUT2D eigenvalue weighted by Gasteiger charge is 2.18. The van der Waals surface area contributed by atoms with Gasteiger partial charge >= 0.3 is 5.97 Å². The summed E-state index contributed by atoms with van der Waals surface area (Å²) < 4.78 is 5.11. The molecule has 0 heterocycles. The van der Waals surface area contributed by atoms with Crippen LogP contribution in [-0.4, -0.2) is 12.6 Å². The molecular weight excluding hydrogens is 164 g/mol. The highest BCUT2D eigenvalue weighted by Crippen LogP contribution is 2.16. The Labute approximate surface area is 81.7 Å². The van der Waals surface area contributed by atoms with E-state index in [-0.39, 0.29) is 11.9 Å². The Morgan fingerprint density at radius 2 is 1.92 bits per heavy atom. The zero-order valence-electron chi connectivity index (χ0n) is 9.30. The van der Waals surface area contributed by atoms with Crippen molar-refractivity contribution in [2.75, 3.05) is 6.61 Å². The summed E-state index contributed by atoms with van der Waals surface area (Å²) in [5.74, 6) is 0.656. The fourth-order valence-electron chi connectivity index (χ4n) is 1.32. The Hall–Kier alpha value is -0.530. The number of carbonyl (C=O) groups excluding carboxylic acids is 1. The predicted octanol–water partition coefficient (Wildman–Crippen LogP) is 3.01. The van der Waals surface area contributed by atoms with E-state index in [4.69, 9.17) is 4.74 Å². The third-order valence-corrected chi connectivity index (χ3v) is 2.03. The lowest BCUT2D eigenvalue weighted by Gasteiger charge is -2.15. The number of ether oxygens (including phenoxy) is 1. The van der Waals surface area contributed by atoms with Gasteiger partial charge < -0.3 is 4.74 Å². The van der Waals surface area contributed by atoms with E-state index in [1.165, 1.54) is 0 Å². The minimum absolute atomic E-state index is 0.0157. The largest absolute Gasteiger partial charge is 0.465 e. The highest BCUT2D eigenvalue weighted by molar-refractivity contribution is 5.72. The molecule has 0 radical (unpaired) electrons. The monoisotopic (exact) mass is 186 g/mol. The molecule has 0 aromatic heterocycles. The second kappa shape index (κ2) is 6.93. The van der Waals surface area contributed by atoms with Gasteiger partial charge in [0.05, 0.1) is 12.5 Å². The van der Waals surface area contributed by atoms with Gasteiger partial charge in [0.1, 0.15) is 0 Å². The first kappa shape index (κ1) is 12.5. The van der Waals surface area contributed by atoms with E-state index in [9.17, 15) is 4.79 Å². The van der Waals surface area contributed by atoms with Gasteiger partial charge in [0, 0.05) is 0 Å². The van der Waals surface area contributed by atoms with Crippen LogP contribution in [0.5, 0.6) is 0 Å². The molecule has 0 unspecified atom stereocenters. The number of hydrogen-bond acceptors (Lipinski definition) is 2. The van der Waals surface area contributed by atoms with Gasteiger partial charge in [-0.2, -0.15) is 0 Å². The summed E-state index contributed by atoms with van der Waals surface area (Å²) in [6.07, 6.45) is 2.74. The predicted molar refractivity (Wildman–Crippen MR) is 54.5 cm³/mol. The average Bonchev–Trinajstić information content (AvgIpc) is 2.09. The van der Waals surface area contributed by atoms with E-state index in [2.05, 4.69) is 13.8 Å². The first-order valence-corrected chi connectivity index (χ1v) is 5.28. The fourth-order valence-corrected chi connectivity index (χ4v) is 1.32. The van der Waals surface area contributed by atoms with Gasteiger partial charge in [0.2, 0.25) is 0 Å². The van der Waals surface area contributed by atoms with Crippen LogP contribution in [0.15, 0.2) is 0 Å². The summed E-state index contributed by atoms with van der Waals surface area (Å²) in [7, 11) is 0. The van der Waals surface area contributed by atoms with Gasteiger partial charge in [-0.05, 0) is 25.2 Å². The third kappa shape index (κ3) is 5.67. The molecule has 0 rings (SSSR count). The Balaban J connectivity index is 3.85. The van der Waals surface area contributed by atoms with Crippen LogP contribution in [0, 0.1) is 11.8 Å². The molecule has 0 saturated heterocycles. The van der Waals surface area contributed by atoms with Crippen molar-refractivity contribution in [1.29, 1.82) is 0 Å². The van der Waals surface area contributed by atoms with Gasteiger partial charge in [0.25, 0.3) is 0 Å². The summed E-state index contributed by atoms with van der Waals surface area (Å²) in [5.41, 5.74) is 0. The zero-order chi connectivity index (χ0) is 10.3. The summed E-state index contributed by atoms with van der Waals surface area (Å²) in [6.45, 7) is 8.88. The smallest absolute Gasteiger partial charge is 0.308 e. The summed E-state index contributed by atoms with van der Waals surface area (Å²) in [6, 6.07) is 0. The van der Waals surface area contributed by atoms with Crippen molar-refractivity contribution in [3.05, 3.63) is 0 Å². The van der Waals surface area contributed by atoms with E-state index < -0.39 is 0 Å². The molecule has 0 aliphatic carbocycles. The van der Waals surface area contributed by atoms with E-state index >= 15 is 0 Å². The molecule has 0 aromatic rings. The molecular formula is C11H22O2. The number of carbonyl (C=O) groups is 1. The zero-order valence-corrected chi connectivity index (χ0v) is 9.30. The average molecular weight is 186 g/mol. The van der Waals surface area contributed by atoms with Crippen molar-refractivity contribution >= 4 is 5.97 Å². The van der Waals surface area contributed by atoms with Gasteiger partial charge in [-0.3, -0.25) is 4.79 Å². The Bertz CT molecular complexity index is 141. The van der Waals surface area contributed by atoms with Gasteiger partial charge in [-0.15, -0.1) is 0 Å². The van der Waals surface area contributed by atoms with Crippen LogP contribution < -0.4 is 0 Å². The van der Waals surface area contributed by atoms with Crippen LogP contribution in [-0.2, 0) is 9.53 Å². The van der Waals surface area contributed by atoms with Crippen LogP contribution in [0.1, 0.15) is 47.0 Å². The molecule has 2 nitrogen and oxygen atoms in total. The summed E-state index contributed by atoms with van der Waals surface area (Å²) >= 11 is 0. The maximum Gasteiger partial charge on any atom is 0.308 e. The number of rotatable bonds is 6. The van der Waals surface area contributed by atoms with Crippen LogP contribution in [0.3, 0.4) is 0 Å². The van der Waals surface area contributed by atoms with Gasteiger partial charge in [0.15, 0.2) is 0 Å². The molecule has 0 aromatic carbocycles. The van der Waals surface area contributed by atoms with Crippen molar-refractivity contribution < 1.29 is 9.53 Å². The second-order valence-electron chi connectivity index (χ2n) is 3.90. The molecule has 0 spiro atoms. The van der Waals surface area contributed by atoms with E-state index in [1.54, 1.807) is 0 Å². The summed E-state index contributed by atoms with van der Waals surface area (Å²) in [4.78, 5) is 11.4. The molecule has 0 aliphatic rings. The molecule has 2 heteroatoms. The lowest BCUT2D eigenvalue weighted by atomic mass is 9.95. The Morgan fingerprint density at radius 3 is 2.31 bits per heavy atom. The minimum atomic E-state index is -0.0157. The molecule has 0 saturated carbocycles. The molecule has 13 heavy (non-hydrogen) atoms. The minimum Gasteiger partial charge on any atom is -0.465 e. The van der Waals surface area contributed by atoms with Crippen LogP contribution >= 0.6 is 0 Å². The Kier molecular flexibility index (Phi) is 6.65. The topological polar surface area (TPSA) is 26.3 Å².